The molecule has 1 aliphatic carbocycles. The highest BCUT2D eigenvalue weighted by molar-refractivity contribution is 7.87. The van der Waals surface area contributed by atoms with E-state index in [2.05, 4.69) is 4.72 Å². The van der Waals surface area contributed by atoms with Gasteiger partial charge in [0.2, 0.25) is 0 Å². The lowest BCUT2D eigenvalue weighted by Gasteiger charge is -2.16. The van der Waals surface area contributed by atoms with Gasteiger partial charge >= 0.3 is 5.97 Å². The Balaban J connectivity index is 2.40. The lowest BCUT2D eigenvalue weighted by molar-refractivity contribution is -0.137. The Morgan fingerprint density at radius 2 is 2.14 bits per heavy atom. The van der Waals surface area contributed by atoms with Crippen molar-refractivity contribution >= 4 is 16.2 Å². The lowest BCUT2D eigenvalue weighted by Crippen LogP contribution is -2.40. The first-order chi connectivity index (χ1) is 6.42. The number of nitrogens with zero attached hydrogens (tertiary/aromatic N) is 1. The van der Waals surface area contributed by atoms with Gasteiger partial charge in [0.15, 0.2) is 0 Å². The summed E-state index contributed by atoms with van der Waals surface area (Å²) in [7, 11) is -2.10. The van der Waals surface area contributed by atoms with E-state index in [-0.39, 0.29) is 19.0 Å². The number of carboxylic acids is 1. The molecule has 0 atom stereocenters. The van der Waals surface area contributed by atoms with E-state index in [1.54, 1.807) is 0 Å². The van der Waals surface area contributed by atoms with Crippen LogP contribution in [-0.2, 0) is 15.0 Å². The first-order valence-corrected chi connectivity index (χ1v) is 5.81. The van der Waals surface area contributed by atoms with E-state index < -0.39 is 16.2 Å². The number of carbonyl (C=O) groups is 1. The third-order valence-corrected chi connectivity index (χ3v) is 3.58. The largest absolute Gasteiger partial charge is 0.481 e. The molecule has 0 amide bonds. The van der Waals surface area contributed by atoms with Crippen LogP contribution in [0.5, 0.6) is 0 Å². The fourth-order valence-electron chi connectivity index (χ4n) is 0.875. The average molecular weight is 222 g/mol. The smallest absolute Gasteiger partial charge is 0.304 e. The first kappa shape index (κ1) is 11.4. The standard InChI is InChI=1S/C7H14N2O4S/c1-9(5-4-7(10)11)14(12,13)8-6-2-3-6/h6,8H,2-5H2,1H3,(H,10,11). The van der Waals surface area contributed by atoms with Crippen molar-refractivity contribution < 1.29 is 18.3 Å². The Kier molecular flexibility index (Phi) is 3.46. The fourth-order valence-corrected chi connectivity index (χ4v) is 2.04. The summed E-state index contributed by atoms with van der Waals surface area (Å²) in [6.07, 6.45) is 1.56. The van der Waals surface area contributed by atoms with Crippen LogP contribution in [0.2, 0.25) is 0 Å². The van der Waals surface area contributed by atoms with Gasteiger partial charge in [-0.3, -0.25) is 4.79 Å². The van der Waals surface area contributed by atoms with Crippen molar-refractivity contribution in [1.29, 1.82) is 0 Å². The van der Waals surface area contributed by atoms with Crippen LogP contribution in [0.15, 0.2) is 0 Å². The minimum absolute atomic E-state index is 0.00259. The highest BCUT2D eigenvalue weighted by Crippen LogP contribution is 2.20. The van der Waals surface area contributed by atoms with Crippen molar-refractivity contribution in [3.05, 3.63) is 0 Å². The predicted molar refractivity (Wildman–Crippen MR) is 50.0 cm³/mol. The summed E-state index contributed by atoms with van der Waals surface area (Å²) < 4.78 is 26.3. The molecule has 0 aromatic carbocycles. The quantitative estimate of drug-likeness (QED) is 0.627. The number of rotatable bonds is 6. The topological polar surface area (TPSA) is 86.7 Å². The zero-order valence-corrected chi connectivity index (χ0v) is 8.75. The van der Waals surface area contributed by atoms with E-state index in [9.17, 15) is 13.2 Å². The zero-order chi connectivity index (χ0) is 10.8. The molecule has 14 heavy (non-hydrogen) atoms. The van der Waals surface area contributed by atoms with Crippen LogP contribution in [0, 0.1) is 0 Å². The second kappa shape index (κ2) is 4.24. The normalized spacial score (nSPS) is 17.3. The van der Waals surface area contributed by atoms with Gasteiger partial charge in [-0.05, 0) is 12.8 Å². The molecule has 0 heterocycles. The van der Waals surface area contributed by atoms with Crippen molar-refractivity contribution in [2.45, 2.75) is 25.3 Å². The molecule has 0 radical (unpaired) electrons. The molecule has 1 fully saturated rings. The van der Waals surface area contributed by atoms with Crippen molar-refractivity contribution in [2.75, 3.05) is 13.6 Å². The number of carboxylic acid groups (broad SMARTS) is 1. The monoisotopic (exact) mass is 222 g/mol. The van der Waals surface area contributed by atoms with Gasteiger partial charge in [0.25, 0.3) is 10.2 Å². The molecule has 0 unspecified atom stereocenters. The third kappa shape index (κ3) is 3.60. The third-order valence-electron chi connectivity index (χ3n) is 1.94. The maximum Gasteiger partial charge on any atom is 0.304 e. The van der Waals surface area contributed by atoms with Crippen LogP contribution in [0.25, 0.3) is 0 Å². The summed E-state index contributed by atoms with van der Waals surface area (Å²) >= 11 is 0. The minimum Gasteiger partial charge on any atom is -0.481 e. The van der Waals surface area contributed by atoms with Crippen LogP contribution < -0.4 is 4.72 Å². The second-order valence-corrected chi connectivity index (χ2v) is 5.17. The minimum atomic E-state index is -3.47. The van der Waals surface area contributed by atoms with Crippen LogP contribution in [0.3, 0.4) is 0 Å². The number of hydrogen-bond acceptors (Lipinski definition) is 3. The van der Waals surface area contributed by atoms with Gasteiger partial charge in [-0.25, -0.2) is 0 Å². The summed E-state index contributed by atoms with van der Waals surface area (Å²) in [5, 5.41) is 8.38. The summed E-state index contributed by atoms with van der Waals surface area (Å²) in [5.74, 6) is -1.00. The van der Waals surface area contributed by atoms with Crippen molar-refractivity contribution in [1.82, 2.24) is 9.03 Å². The molecule has 0 aliphatic heterocycles. The Morgan fingerprint density at radius 3 is 2.57 bits per heavy atom. The molecule has 1 rings (SSSR count). The highest BCUT2D eigenvalue weighted by Gasteiger charge is 2.29. The summed E-state index contributed by atoms with van der Waals surface area (Å²) in [6, 6.07) is 0.0484. The van der Waals surface area contributed by atoms with Gasteiger partial charge in [-0.1, -0.05) is 0 Å². The number of hydrogen-bond donors (Lipinski definition) is 2. The molecule has 0 aromatic heterocycles. The van der Waals surface area contributed by atoms with Gasteiger partial charge in [0.1, 0.15) is 0 Å². The number of nitrogens with one attached hydrogen (secondary N) is 1. The van der Waals surface area contributed by atoms with Gasteiger partial charge in [-0.2, -0.15) is 17.4 Å². The highest BCUT2D eigenvalue weighted by atomic mass is 32.2. The molecule has 1 saturated carbocycles. The Morgan fingerprint density at radius 1 is 1.57 bits per heavy atom. The molecule has 1 aliphatic rings. The zero-order valence-electron chi connectivity index (χ0n) is 7.93. The Bertz CT molecular complexity index is 310. The summed E-state index contributed by atoms with van der Waals surface area (Å²) in [5.41, 5.74) is 0. The van der Waals surface area contributed by atoms with E-state index in [4.69, 9.17) is 5.11 Å². The summed E-state index contributed by atoms with van der Waals surface area (Å²) in [6.45, 7) is -0.00259. The van der Waals surface area contributed by atoms with E-state index >= 15 is 0 Å². The van der Waals surface area contributed by atoms with E-state index in [0.717, 1.165) is 17.1 Å². The summed E-state index contributed by atoms with van der Waals surface area (Å²) in [4.78, 5) is 10.2. The Hall–Kier alpha value is -0.660. The molecular formula is C7H14N2O4S. The van der Waals surface area contributed by atoms with E-state index in [1.807, 2.05) is 0 Å². The van der Waals surface area contributed by atoms with Crippen molar-refractivity contribution in [3.8, 4) is 0 Å². The van der Waals surface area contributed by atoms with E-state index in [0.29, 0.717) is 0 Å². The molecule has 0 bridgehead atoms. The van der Waals surface area contributed by atoms with Gasteiger partial charge in [-0.15, -0.1) is 0 Å². The van der Waals surface area contributed by atoms with Crippen LogP contribution >= 0.6 is 0 Å². The molecule has 82 valence electrons. The molecule has 0 aromatic rings. The van der Waals surface area contributed by atoms with E-state index in [1.165, 1.54) is 7.05 Å². The fraction of sp³-hybridized carbons (Fsp3) is 0.857. The maximum atomic E-state index is 11.4. The SMILES string of the molecule is CN(CCC(=O)O)S(=O)(=O)NC1CC1. The van der Waals surface area contributed by atoms with Crippen LogP contribution in [0.4, 0.5) is 0 Å². The lowest BCUT2D eigenvalue weighted by atomic mass is 10.4. The number of aliphatic carboxylic acids is 1. The van der Waals surface area contributed by atoms with Gasteiger partial charge < -0.3 is 5.11 Å². The average Bonchev–Trinajstić information content (AvgIpc) is 2.82. The van der Waals surface area contributed by atoms with Crippen LogP contribution in [-0.4, -0.2) is 43.4 Å². The van der Waals surface area contributed by atoms with Gasteiger partial charge in [0, 0.05) is 19.6 Å². The molecule has 7 heteroatoms. The van der Waals surface area contributed by atoms with Crippen molar-refractivity contribution in [3.63, 3.8) is 0 Å². The first-order valence-electron chi connectivity index (χ1n) is 4.37. The predicted octanol–water partition coefficient (Wildman–Crippen LogP) is -0.610. The second-order valence-electron chi connectivity index (χ2n) is 3.36. The molecule has 6 nitrogen and oxygen atoms in total. The van der Waals surface area contributed by atoms with Crippen molar-refractivity contribution in [2.24, 2.45) is 0 Å². The molecule has 0 spiro atoms. The molecular weight excluding hydrogens is 208 g/mol. The Labute approximate surface area is 83.1 Å². The molecule has 2 N–H and O–H groups in total. The van der Waals surface area contributed by atoms with Gasteiger partial charge in [0.05, 0.1) is 6.42 Å². The maximum absolute atomic E-state index is 11.4. The molecule has 0 saturated heterocycles. The van der Waals surface area contributed by atoms with Crippen LogP contribution in [0.1, 0.15) is 19.3 Å².